The van der Waals surface area contributed by atoms with Gasteiger partial charge in [-0.1, -0.05) is 12.1 Å². The summed E-state index contributed by atoms with van der Waals surface area (Å²) < 4.78 is 23.5. The van der Waals surface area contributed by atoms with E-state index in [0.29, 0.717) is 22.6 Å². The van der Waals surface area contributed by atoms with Crippen LogP contribution in [0.15, 0.2) is 42.5 Å². The molecule has 0 aromatic heterocycles. The van der Waals surface area contributed by atoms with Crippen LogP contribution in [0.5, 0.6) is 11.5 Å². The third-order valence-electron chi connectivity index (χ3n) is 3.34. The Kier molecular flexibility index (Phi) is 3.95. The van der Waals surface area contributed by atoms with Crippen molar-refractivity contribution in [2.24, 2.45) is 0 Å². The summed E-state index contributed by atoms with van der Waals surface area (Å²) in [6, 6.07) is 10.9. The Morgan fingerprint density at radius 1 is 1.00 bits per heavy atom. The lowest BCUT2D eigenvalue weighted by Crippen LogP contribution is -2.23. The van der Waals surface area contributed by atoms with Crippen LogP contribution in [-0.2, 0) is 5.60 Å². The van der Waals surface area contributed by atoms with Gasteiger partial charge in [0.1, 0.15) is 22.9 Å². The summed E-state index contributed by atoms with van der Waals surface area (Å²) in [7, 11) is 3.09. The third kappa shape index (κ3) is 2.60. The standard InChI is InChI=1S/C16H17FO3/c1-16(18,11-4-6-12(17)7-5-11)14-10-13(19-2)8-9-15(14)20-3/h4-10,18H,1-3H3. The van der Waals surface area contributed by atoms with Crippen molar-refractivity contribution in [1.29, 1.82) is 0 Å². The number of rotatable bonds is 4. The molecule has 0 amide bonds. The second-order valence-electron chi connectivity index (χ2n) is 4.65. The van der Waals surface area contributed by atoms with Gasteiger partial charge in [-0.3, -0.25) is 0 Å². The molecular formula is C16H17FO3. The Balaban J connectivity index is 2.54. The molecule has 1 N–H and O–H groups in total. The van der Waals surface area contributed by atoms with E-state index >= 15 is 0 Å². The van der Waals surface area contributed by atoms with Gasteiger partial charge >= 0.3 is 0 Å². The summed E-state index contributed by atoms with van der Waals surface area (Å²) >= 11 is 0. The van der Waals surface area contributed by atoms with E-state index in [-0.39, 0.29) is 5.82 Å². The molecule has 4 heteroatoms. The molecule has 0 bridgehead atoms. The van der Waals surface area contributed by atoms with Crippen molar-refractivity contribution in [2.75, 3.05) is 14.2 Å². The molecule has 0 fully saturated rings. The summed E-state index contributed by atoms with van der Waals surface area (Å²) in [6.07, 6.45) is 0. The number of hydrogen-bond acceptors (Lipinski definition) is 3. The lowest BCUT2D eigenvalue weighted by Gasteiger charge is -2.26. The number of halogens is 1. The summed E-state index contributed by atoms with van der Waals surface area (Å²) in [5.41, 5.74) is -0.176. The molecule has 2 aromatic rings. The van der Waals surface area contributed by atoms with E-state index < -0.39 is 5.60 Å². The third-order valence-corrected chi connectivity index (χ3v) is 3.34. The molecule has 2 rings (SSSR count). The van der Waals surface area contributed by atoms with Gasteiger partial charge in [-0.15, -0.1) is 0 Å². The van der Waals surface area contributed by atoms with Crippen LogP contribution in [0.2, 0.25) is 0 Å². The highest BCUT2D eigenvalue weighted by atomic mass is 19.1. The predicted molar refractivity (Wildman–Crippen MR) is 74.6 cm³/mol. The molecule has 20 heavy (non-hydrogen) atoms. The molecule has 0 aliphatic heterocycles. The van der Waals surface area contributed by atoms with Crippen molar-refractivity contribution in [1.82, 2.24) is 0 Å². The molecule has 0 spiro atoms. The van der Waals surface area contributed by atoms with Crippen LogP contribution >= 0.6 is 0 Å². The van der Waals surface area contributed by atoms with Crippen LogP contribution in [0, 0.1) is 5.82 Å². The zero-order valence-corrected chi connectivity index (χ0v) is 11.7. The molecule has 0 saturated carbocycles. The molecule has 0 saturated heterocycles. The minimum Gasteiger partial charge on any atom is -0.497 e. The Labute approximate surface area is 117 Å². The number of aliphatic hydroxyl groups is 1. The predicted octanol–water partition coefficient (Wildman–Crippen LogP) is 3.10. The van der Waals surface area contributed by atoms with Crippen LogP contribution in [0.3, 0.4) is 0 Å². The molecule has 0 heterocycles. The van der Waals surface area contributed by atoms with Gasteiger partial charge in [-0.2, -0.15) is 0 Å². The maximum absolute atomic E-state index is 13.0. The quantitative estimate of drug-likeness (QED) is 0.932. The molecule has 2 aromatic carbocycles. The highest BCUT2D eigenvalue weighted by Crippen LogP contribution is 2.37. The normalized spacial score (nSPS) is 13.7. The highest BCUT2D eigenvalue weighted by molar-refractivity contribution is 5.48. The highest BCUT2D eigenvalue weighted by Gasteiger charge is 2.29. The van der Waals surface area contributed by atoms with Gasteiger partial charge in [0.25, 0.3) is 0 Å². The summed E-state index contributed by atoms with van der Waals surface area (Å²) in [5, 5.41) is 10.8. The van der Waals surface area contributed by atoms with Crippen LogP contribution < -0.4 is 9.47 Å². The van der Waals surface area contributed by atoms with Crippen LogP contribution in [-0.4, -0.2) is 19.3 Å². The topological polar surface area (TPSA) is 38.7 Å². The van der Waals surface area contributed by atoms with Crippen LogP contribution in [0.1, 0.15) is 18.1 Å². The molecular weight excluding hydrogens is 259 g/mol. The van der Waals surface area contributed by atoms with Gasteiger partial charge in [0.2, 0.25) is 0 Å². The van der Waals surface area contributed by atoms with Crippen LogP contribution in [0.25, 0.3) is 0 Å². The van der Waals surface area contributed by atoms with E-state index in [1.807, 2.05) is 0 Å². The van der Waals surface area contributed by atoms with E-state index in [4.69, 9.17) is 9.47 Å². The number of methoxy groups -OCH3 is 2. The van der Waals surface area contributed by atoms with E-state index in [1.165, 1.54) is 19.2 Å². The fourth-order valence-corrected chi connectivity index (χ4v) is 2.12. The second kappa shape index (κ2) is 5.51. The Morgan fingerprint density at radius 3 is 2.20 bits per heavy atom. The molecule has 0 aliphatic rings. The van der Waals surface area contributed by atoms with Crippen molar-refractivity contribution >= 4 is 0 Å². The van der Waals surface area contributed by atoms with Crippen LogP contribution in [0.4, 0.5) is 4.39 Å². The summed E-state index contributed by atoms with van der Waals surface area (Å²) in [6.45, 7) is 1.64. The van der Waals surface area contributed by atoms with Gasteiger partial charge in [-0.25, -0.2) is 4.39 Å². The van der Waals surface area contributed by atoms with Crippen molar-refractivity contribution in [3.63, 3.8) is 0 Å². The minimum atomic E-state index is -1.31. The summed E-state index contributed by atoms with van der Waals surface area (Å²) in [5.74, 6) is 0.811. The monoisotopic (exact) mass is 276 g/mol. The van der Waals surface area contributed by atoms with E-state index in [0.717, 1.165) is 0 Å². The van der Waals surface area contributed by atoms with E-state index in [9.17, 15) is 9.50 Å². The Morgan fingerprint density at radius 2 is 1.65 bits per heavy atom. The molecule has 0 aliphatic carbocycles. The van der Waals surface area contributed by atoms with Gasteiger partial charge in [0.05, 0.1) is 14.2 Å². The first-order valence-electron chi connectivity index (χ1n) is 6.20. The maximum atomic E-state index is 13.0. The van der Waals surface area contributed by atoms with Gasteiger partial charge in [0, 0.05) is 5.56 Å². The average Bonchev–Trinajstić information content (AvgIpc) is 2.47. The Bertz CT molecular complexity index is 591. The lowest BCUT2D eigenvalue weighted by molar-refractivity contribution is 0.0985. The van der Waals surface area contributed by atoms with E-state index in [2.05, 4.69) is 0 Å². The lowest BCUT2D eigenvalue weighted by atomic mass is 9.87. The average molecular weight is 276 g/mol. The van der Waals surface area contributed by atoms with Crippen molar-refractivity contribution in [3.05, 3.63) is 59.4 Å². The number of benzene rings is 2. The van der Waals surface area contributed by atoms with Crippen molar-refractivity contribution in [3.8, 4) is 11.5 Å². The zero-order chi connectivity index (χ0) is 14.8. The molecule has 1 unspecified atom stereocenters. The number of hydrogen-bond donors (Lipinski definition) is 1. The van der Waals surface area contributed by atoms with Gasteiger partial charge < -0.3 is 14.6 Å². The van der Waals surface area contributed by atoms with Crippen molar-refractivity contribution in [2.45, 2.75) is 12.5 Å². The molecule has 0 radical (unpaired) electrons. The minimum absolute atomic E-state index is 0.345. The number of ether oxygens (including phenoxy) is 2. The SMILES string of the molecule is COc1ccc(OC)c(C(C)(O)c2ccc(F)cc2)c1. The van der Waals surface area contributed by atoms with Crippen molar-refractivity contribution < 1.29 is 19.0 Å². The molecule has 1 atom stereocenters. The maximum Gasteiger partial charge on any atom is 0.125 e. The van der Waals surface area contributed by atoms with Gasteiger partial charge in [-0.05, 0) is 42.8 Å². The molecule has 106 valence electrons. The Hall–Kier alpha value is -2.07. The first-order chi connectivity index (χ1) is 9.48. The fraction of sp³-hybridized carbons (Fsp3) is 0.250. The van der Waals surface area contributed by atoms with Gasteiger partial charge in [0.15, 0.2) is 0 Å². The first-order valence-corrected chi connectivity index (χ1v) is 6.20. The van der Waals surface area contributed by atoms with E-state index in [1.54, 1.807) is 44.4 Å². The first kappa shape index (κ1) is 14.3. The fourth-order valence-electron chi connectivity index (χ4n) is 2.12. The zero-order valence-electron chi connectivity index (χ0n) is 11.7. The largest absolute Gasteiger partial charge is 0.497 e. The smallest absolute Gasteiger partial charge is 0.125 e. The second-order valence-corrected chi connectivity index (χ2v) is 4.65. The summed E-state index contributed by atoms with van der Waals surface area (Å²) in [4.78, 5) is 0. The molecule has 3 nitrogen and oxygen atoms in total.